The fourth-order valence-electron chi connectivity index (χ4n) is 2.96. The molecular formula is C21H14FN3O2S. The molecule has 5 nitrogen and oxygen atoms in total. The number of hydrogen-bond acceptors (Lipinski definition) is 5. The quantitative estimate of drug-likeness (QED) is 0.250. The Kier molecular flexibility index (Phi) is 4.99. The zero-order valence-corrected chi connectivity index (χ0v) is 15.4. The molecule has 0 spiro atoms. The molecule has 0 amide bonds. The number of nitro groups is 1. The lowest BCUT2D eigenvalue weighted by molar-refractivity contribution is -0.385. The Morgan fingerprint density at radius 3 is 2.32 bits per heavy atom. The standard InChI is InChI=1S/C21H14FN3O2S/c22-16-11-9-14(10-12-16)20-17-6-2-3-7-18(17)21(24-23-20)28-13-15-5-1-4-8-19(15)25(26)27/h1-12H,13H2. The number of benzene rings is 3. The van der Waals surface area contributed by atoms with Crippen LogP contribution in [0.5, 0.6) is 0 Å². The van der Waals surface area contributed by atoms with Crippen LogP contribution in [-0.2, 0) is 5.75 Å². The summed E-state index contributed by atoms with van der Waals surface area (Å²) >= 11 is 1.40. The van der Waals surface area contributed by atoms with Crippen molar-refractivity contribution >= 4 is 28.2 Å². The molecule has 0 aliphatic rings. The molecule has 1 heterocycles. The summed E-state index contributed by atoms with van der Waals surface area (Å²) in [6, 6.07) is 20.5. The molecule has 0 fully saturated rings. The minimum Gasteiger partial charge on any atom is -0.258 e. The van der Waals surface area contributed by atoms with Gasteiger partial charge in [0.1, 0.15) is 16.5 Å². The van der Waals surface area contributed by atoms with Crippen molar-refractivity contribution in [2.24, 2.45) is 0 Å². The van der Waals surface area contributed by atoms with Gasteiger partial charge in [0.15, 0.2) is 0 Å². The van der Waals surface area contributed by atoms with Gasteiger partial charge >= 0.3 is 0 Å². The largest absolute Gasteiger partial charge is 0.273 e. The summed E-state index contributed by atoms with van der Waals surface area (Å²) < 4.78 is 13.2. The van der Waals surface area contributed by atoms with Crippen molar-refractivity contribution in [2.45, 2.75) is 10.8 Å². The molecule has 0 bridgehead atoms. The summed E-state index contributed by atoms with van der Waals surface area (Å²) in [5.41, 5.74) is 2.17. The molecule has 0 N–H and O–H groups in total. The zero-order chi connectivity index (χ0) is 19.5. The topological polar surface area (TPSA) is 68.9 Å². The summed E-state index contributed by atoms with van der Waals surface area (Å²) in [7, 11) is 0. The van der Waals surface area contributed by atoms with E-state index < -0.39 is 0 Å². The SMILES string of the molecule is O=[N+]([O-])c1ccccc1CSc1nnc(-c2ccc(F)cc2)c2ccccc12. The first kappa shape index (κ1) is 18.1. The molecular weight excluding hydrogens is 377 g/mol. The Bertz CT molecular complexity index is 1170. The minimum atomic E-state index is -0.378. The van der Waals surface area contributed by atoms with E-state index in [0.29, 0.717) is 22.0 Å². The Balaban J connectivity index is 1.71. The number of hydrogen-bond donors (Lipinski definition) is 0. The highest BCUT2D eigenvalue weighted by Gasteiger charge is 2.15. The Morgan fingerprint density at radius 2 is 1.57 bits per heavy atom. The molecule has 0 aliphatic carbocycles. The monoisotopic (exact) mass is 391 g/mol. The first-order valence-electron chi connectivity index (χ1n) is 8.50. The molecule has 4 rings (SSSR count). The van der Waals surface area contributed by atoms with Crippen molar-refractivity contribution in [1.29, 1.82) is 0 Å². The molecule has 0 atom stereocenters. The second kappa shape index (κ2) is 7.74. The third-order valence-electron chi connectivity index (χ3n) is 4.32. The smallest absolute Gasteiger partial charge is 0.258 e. The second-order valence-corrected chi connectivity index (χ2v) is 7.04. The molecule has 7 heteroatoms. The number of aromatic nitrogens is 2. The van der Waals surface area contributed by atoms with Crippen molar-refractivity contribution in [3.8, 4) is 11.3 Å². The number of nitrogens with zero attached hydrogens (tertiary/aromatic N) is 3. The maximum absolute atomic E-state index is 13.2. The lowest BCUT2D eigenvalue weighted by Gasteiger charge is -2.09. The maximum Gasteiger partial charge on any atom is 0.273 e. The number of rotatable bonds is 5. The number of thioether (sulfide) groups is 1. The Morgan fingerprint density at radius 1 is 0.893 bits per heavy atom. The van der Waals surface area contributed by atoms with E-state index in [2.05, 4.69) is 10.2 Å². The summed E-state index contributed by atoms with van der Waals surface area (Å²) in [6.45, 7) is 0. The summed E-state index contributed by atoms with van der Waals surface area (Å²) in [4.78, 5) is 10.8. The van der Waals surface area contributed by atoms with Crippen LogP contribution in [0.15, 0.2) is 77.8 Å². The summed E-state index contributed by atoms with van der Waals surface area (Å²) in [6.07, 6.45) is 0. The van der Waals surface area contributed by atoms with Gasteiger partial charge in [-0.2, -0.15) is 0 Å². The van der Waals surface area contributed by atoms with Crippen LogP contribution in [-0.4, -0.2) is 15.1 Å². The second-order valence-electron chi connectivity index (χ2n) is 6.08. The number of para-hydroxylation sites is 1. The van der Waals surface area contributed by atoms with E-state index in [1.807, 2.05) is 24.3 Å². The van der Waals surface area contributed by atoms with Gasteiger partial charge in [-0.1, -0.05) is 54.2 Å². The fraction of sp³-hybridized carbons (Fsp3) is 0.0476. The molecule has 138 valence electrons. The highest BCUT2D eigenvalue weighted by Crippen LogP contribution is 2.34. The highest BCUT2D eigenvalue weighted by atomic mass is 32.2. The third kappa shape index (κ3) is 3.57. The molecule has 3 aromatic carbocycles. The van der Waals surface area contributed by atoms with Crippen molar-refractivity contribution < 1.29 is 9.31 Å². The van der Waals surface area contributed by atoms with Crippen LogP contribution in [0.2, 0.25) is 0 Å². The van der Waals surface area contributed by atoms with Crippen LogP contribution in [0.25, 0.3) is 22.0 Å². The van der Waals surface area contributed by atoms with Crippen LogP contribution >= 0.6 is 11.8 Å². The van der Waals surface area contributed by atoms with Crippen molar-refractivity contribution in [3.05, 3.63) is 94.3 Å². The third-order valence-corrected chi connectivity index (χ3v) is 5.35. The van der Waals surface area contributed by atoms with Crippen molar-refractivity contribution in [1.82, 2.24) is 10.2 Å². The summed E-state index contributed by atoms with van der Waals surface area (Å²) in [5.74, 6) is 0.101. The predicted molar refractivity (Wildman–Crippen MR) is 108 cm³/mol. The van der Waals surface area contributed by atoms with E-state index in [9.17, 15) is 14.5 Å². The number of nitro benzene ring substituents is 1. The van der Waals surface area contributed by atoms with E-state index in [1.54, 1.807) is 30.3 Å². The van der Waals surface area contributed by atoms with Gasteiger partial charge in [-0.25, -0.2) is 4.39 Å². The van der Waals surface area contributed by atoms with Crippen LogP contribution in [0.3, 0.4) is 0 Å². The van der Waals surface area contributed by atoms with Gasteiger partial charge in [-0.05, 0) is 24.3 Å². The number of halogens is 1. The normalized spacial score (nSPS) is 10.9. The maximum atomic E-state index is 13.2. The molecule has 0 aliphatic heterocycles. The highest BCUT2D eigenvalue weighted by molar-refractivity contribution is 7.98. The van der Waals surface area contributed by atoms with Gasteiger partial charge in [0.25, 0.3) is 5.69 Å². The van der Waals surface area contributed by atoms with E-state index >= 15 is 0 Å². The van der Waals surface area contributed by atoms with Gasteiger partial charge in [-0.15, -0.1) is 10.2 Å². The van der Waals surface area contributed by atoms with Gasteiger partial charge in [0.05, 0.1) is 4.92 Å². The van der Waals surface area contributed by atoms with Crippen LogP contribution in [0, 0.1) is 15.9 Å². The van der Waals surface area contributed by atoms with E-state index in [1.165, 1.54) is 30.0 Å². The van der Waals surface area contributed by atoms with Gasteiger partial charge < -0.3 is 0 Å². The lowest BCUT2D eigenvalue weighted by Crippen LogP contribution is -1.96. The van der Waals surface area contributed by atoms with Gasteiger partial charge in [0.2, 0.25) is 0 Å². The average molecular weight is 391 g/mol. The van der Waals surface area contributed by atoms with Crippen LogP contribution in [0.4, 0.5) is 10.1 Å². The van der Waals surface area contributed by atoms with E-state index in [0.717, 1.165) is 16.3 Å². The molecule has 28 heavy (non-hydrogen) atoms. The van der Waals surface area contributed by atoms with Crippen LogP contribution in [0.1, 0.15) is 5.56 Å². The van der Waals surface area contributed by atoms with E-state index in [-0.39, 0.29) is 16.4 Å². The molecule has 0 radical (unpaired) electrons. The molecule has 0 saturated carbocycles. The average Bonchev–Trinajstić information content (AvgIpc) is 2.73. The molecule has 4 aromatic rings. The zero-order valence-electron chi connectivity index (χ0n) is 14.6. The Hall–Kier alpha value is -3.32. The van der Waals surface area contributed by atoms with E-state index in [4.69, 9.17) is 0 Å². The predicted octanol–water partition coefficient (Wildman–Crippen LogP) is 5.64. The van der Waals surface area contributed by atoms with Crippen LogP contribution < -0.4 is 0 Å². The first-order chi connectivity index (χ1) is 13.6. The number of fused-ring (bicyclic) bond motifs is 1. The molecule has 0 unspecified atom stereocenters. The van der Waals surface area contributed by atoms with Gasteiger partial charge in [-0.3, -0.25) is 10.1 Å². The van der Waals surface area contributed by atoms with Crippen molar-refractivity contribution in [2.75, 3.05) is 0 Å². The van der Waals surface area contributed by atoms with Crippen molar-refractivity contribution in [3.63, 3.8) is 0 Å². The summed E-state index contributed by atoms with van der Waals surface area (Å²) in [5, 5.41) is 22.4. The Labute approximate surface area is 164 Å². The minimum absolute atomic E-state index is 0.0928. The first-order valence-corrected chi connectivity index (χ1v) is 9.48. The molecule has 0 saturated heterocycles. The van der Waals surface area contributed by atoms with Gasteiger partial charge in [0, 0.05) is 33.7 Å². The fourth-order valence-corrected chi connectivity index (χ4v) is 3.93. The molecule has 1 aromatic heterocycles. The lowest BCUT2D eigenvalue weighted by atomic mass is 10.1.